The summed E-state index contributed by atoms with van der Waals surface area (Å²) in [5, 5.41) is 0.297. The van der Waals surface area contributed by atoms with E-state index in [2.05, 4.69) is 9.97 Å². The molecule has 2 aromatic heterocycles. The zero-order valence-corrected chi connectivity index (χ0v) is 11.1. The summed E-state index contributed by atoms with van der Waals surface area (Å²) in [7, 11) is 1.22. The average molecular weight is 286 g/mol. The van der Waals surface area contributed by atoms with Crippen LogP contribution in [0.25, 0.3) is 22.2 Å². The summed E-state index contributed by atoms with van der Waals surface area (Å²) >= 11 is 0. The summed E-state index contributed by atoms with van der Waals surface area (Å²) in [5.74, 6) is -1.20. The summed E-state index contributed by atoms with van der Waals surface area (Å²) in [6.45, 7) is 0. The number of pyridine rings is 1. The van der Waals surface area contributed by atoms with Gasteiger partial charge in [-0.15, -0.1) is 0 Å². The Hall–Kier alpha value is -2.89. The number of H-pyrrole nitrogens is 2. The fourth-order valence-corrected chi connectivity index (χ4v) is 2.32. The number of benzene rings is 1. The normalized spacial score (nSPS) is 10.8. The topological polar surface area (TPSA) is 75.0 Å². The van der Waals surface area contributed by atoms with Crippen LogP contribution < -0.4 is 5.56 Å². The van der Waals surface area contributed by atoms with E-state index in [9.17, 15) is 14.0 Å². The van der Waals surface area contributed by atoms with Crippen molar-refractivity contribution in [3.8, 4) is 11.3 Å². The average Bonchev–Trinajstić information content (AvgIpc) is 2.99. The van der Waals surface area contributed by atoms with Crippen LogP contribution in [0.4, 0.5) is 4.39 Å². The molecule has 1 aromatic carbocycles. The van der Waals surface area contributed by atoms with Crippen molar-refractivity contribution >= 4 is 16.9 Å². The summed E-state index contributed by atoms with van der Waals surface area (Å²) in [6, 6.07) is 7.18. The molecule has 0 atom stereocenters. The Balaban J connectivity index is 2.49. The van der Waals surface area contributed by atoms with E-state index in [1.54, 1.807) is 18.3 Å². The second-order valence-electron chi connectivity index (χ2n) is 4.47. The van der Waals surface area contributed by atoms with Crippen molar-refractivity contribution < 1.29 is 13.9 Å². The molecule has 0 radical (unpaired) electrons. The van der Waals surface area contributed by atoms with E-state index >= 15 is 0 Å². The molecule has 106 valence electrons. The van der Waals surface area contributed by atoms with Gasteiger partial charge in [-0.05, 0) is 30.3 Å². The molecule has 0 spiro atoms. The number of carbonyl (C=O) groups is 1. The first-order chi connectivity index (χ1) is 10.1. The predicted octanol–water partition coefficient (Wildman–Crippen LogP) is 2.45. The van der Waals surface area contributed by atoms with Crippen LogP contribution in [0.3, 0.4) is 0 Å². The SMILES string of the molecule is COC(=O)c1c(-c2ccc[nH]2)c(=O)[nH]c2ccc(F)cc12. The third-order valence-electron chi connectivity index (χ3n) is 3.23. The van der Waals surface area contributed by atoms with Crippen molar-refractivity contribution in [2.24, 2.45) is 0 Å². The minimum absolute atomic E-state index is 0.0400. The molecule has 0 aliphatic heterocycles. The number of ether oxygens (including phenoxy) is 1. The second-order valence-corrected chi connectivity index (χ2v) is 4.47. The molecule has 3 aromatic rings. The molecule has 3 rings (SSSR count). The molecule has 0 bridgehead atoms. The van der Waals surface area contributed by atoms with Crippen molar-refractivity contribution in [1.29, 1.82) is 0 Å². The number of hydrogen-bond donors (Lipinski definition) is 2. The van der Waals surface area contributed by atoms with Crippen LogP contribution in [0.1, 0.15) is 10.4 Å². The highest BCUT2D eigenvalue weighted by molar-refractivity contribution is 6.08. The molecule has 0 saturated carbocycles. The van der Waals surface area contributed by atoms with Crippen LogP contribution in [0.15, 0.2) is 41.3 Å². The van der Waals surface area contributed by atoms with Crippen molar-refractivity contribution in [2.45, 2.75) is 0 Å². The zero-order valence-electron chi connectivity index (χ0n) is 11.1. The number of rotatable bonds is 2. The molecule has 0 fully saturated rings. The molecule has 0 aliphatic carbocycles. The van der Waals surface area contributed by atoms with Crippen LogP contribution in [0.2, 0.25) is 0 Å². The number of nitrogens with one attached hydrogen (secondary N) is 2. The Labute approximate surface area is 118 Å². The lowest BCUT2D eigenvalue weighted by atomic mass is 10.0. The fourth-order valence-electron chi connectivity index (χ4n) is 2.32. The standard InChI is InChI=1S/C15H11FN2O3/c1-21-15(20)12-9-7-8(16)4-5-10(9)18-14(19)13(12)11-3-2-6-17-11/h2-7,17H,1H3,(H,18,19). The van der Waals surface area contributed by atoms with Crippen molar-refractivity contribution in [1.82, 2.24) is 9.97 Å². The van der Waals surface area contributed by atoms with E-state index in [1.807, 2.05) is 0 Å². The smallest absolute Gasteiger partial charge is 0.339 e. The molecular formula is C15H11FN2O3. The van der Waals surface area contributed by atoms with Gasteiger partial charge in [-0.25, -0.2) is 9.18 Å². The largest absolute Gasteiger partial charge is 0.465 e. The van der Waals surface area contributed by atoms with Crippen LogP contribution in [0, 0.1) is 5.82 Å². The van der Waals surface area contributed by atoms with Gasteiger partial charge < -0.3 is 14.7 Å². The van der Waals surface area contributed by atoms with Gasteiger partial charge in [-0.2, -0.15) is 0 Å². The second kappa shape index (κ2) is 4.90. The van der Waals surface area contributed by atoms with Crippen molar-refractivity contribution in [2.75, 3.05) is 7.11 Å². The maximum absolute atomic E-state index is 13.5. The minimum atomic E-state index is -0.693. The first-order valence-corrected chi connectivity index (χ1v) is 6.19. The highest BCUT2D eigenvalue weighted by atomic mass is 19.1. The predicted molar refractivity (Wildman–Crippen MR) is 75.7 cm³/mol. The van der Waals surface area contributed by atoms with Crippen LogP contribution in [-0.2, 0) is 4.74 Å². The van der Waals surface area contributed by atoms with Gasteiger partial charge in [0.1, 0.15) is 5.82 Å². The lowest BCUT2D eigenvalue weighted by molar-refractivity contribution is 0.0603. The summed E-state index contributed by atoms with van der Waals surface area (Å²) in [6.07, 6.45) is 1.63. The number of fused-ring (bicyclic) bond motifs is 1. The molecule has 2 N–H and O–H groups in total. The molecule has 2 heterocycles. The van der Waals surface area contributed by atoms with Gasteiger partial charge in [0, 0.05) is 17.1 Å². The number of halogens is 1. The molecule has 5 nitrogen and oxygen atoms in total. The van der Waals surface area contributed by atoms with Gasteiger partial charge in [0.2, 0.25) is 0 Å². The Bertz CT molecular complexity index is 882. The quantitative estimate of drug-likeness (QED) is 0.710. The van der Waals surface area contributed by atoms with Crippen LogP contribution >= 0.6 is 0 Å². The number of carbonyl (C=O) groups excluding carboxylic acids is 1. The van der Waals surface area contributed by atoms with Gasteiger partial charge in [0.05, 0.1) is 23.9 Å². The van der Waals surface area contributed by atoms with Gasteiger partial charge >= 0.3 is 5.97 Å². The summed E-state index contributed by atoms with van der Waals surface area (Å²) in [5.41, 5.74) is 0.556. The van der Waals surface area contributed by atoms with E-state index in [4.69, 9.17) is 4.74 Å². The Morgan fingerprint density at radius 3 is 2.76 bits per heavy atom. The number of esters is 1. The molecule has 0 amide bonds. The number of methoxy groups -OCH3 is 1. The third kappa shape index (κ3) is 2.10. The van der Waals surface area contributed by atoms with Gasteiger partial charge in [-0.3, -0.25) is 4.79 Å². The molecule has 6 heteroatoms. The number of aromatic nitrogens is 2. The van der Waals surface area contributed by atoms with Gasteiger partial charge in [-0.1, -0.05) is 0 Å². The Kier molecular flexibility index (Phi) is 3.06. The lowest BCUT2D eigenvalue weighted by Crippen LogP contribution is -2.17. The maximum atomic E-state index is 13.5. The van der Waals surface area contributed by atoms with E-state index in [-0.39, 0.29) is 11.1 Å². The fraction of sp³-hybridized carbons (Fsp3) is 0.0667. The van der Waals surface area contributed by atoms with E-state index in [0.717, 1.165) is 0 Å². The lowest BCUT2D eigenvalue weighted by Gasteiger charge is -2.10. The van der Waals surface area contributed by atoms with Crippen LogP contribution in [0.5, 0.6) is 0 Å². The first kappa shape index (κ1) is 13.1. The number of aromatic amines is 2. The van der Waals surface area contributed by atoms with Crippen molar-refractivity contribution in [3.63, 3.8) is 0 Å². The van der Waals surface area contributed by atoms with E-state index < -0.39 is 17.3 Å². The summed E-state index contributed by atoms with van der Waals surface area (Å²) < 4.78 is 18.3. The van der Waals surface area contributed by atoms with E-state index in [1.165, 1.54) is 25.3 Å². The molecule has 0 saturated heterocycles. The van der Waals surface area contributed by atoms with Gasteiger partial charge in [0.15, 0.2) is 0 Å². The maximum Gasteiger partial charge on any atom is 0.339 e. The van der Waals surface area contributed by atoms with Crippen molar-refractivity contribution in [3.05, 3.63) is 58.3 Å². The monoisotopic (exact) mass is 286 g/mol. The Morgan fingerprint density at radius 2 is 2.10 bits per heavy atom. The summed E-state index contributed by atoms with van der Waals surface area (Å²) in [4.78, 5) is 29.9. The van der Waals surface area contributed by atoms with E-state index in [0.29, 0.717) is 16.6 Å². The van der Waals surface area contributed by atoms with Crippen LogP contribution in [-0.4, -0.2) is 23.0 Å². The molecule has 0 unspecified atom stereocenters. The Morgan fingerprint density at radius 1 is 1.29 bits per heavy atom. The molecule has 0 aliphatic rings. The third-order valence-corrected chi connectivity index (χ3v) is 3.23. The molecule has 21 heavy (non-hydrogen) atoms. The number of hydrogen-bond acceptors (Lipinski definition) is 3. The zero-order chi connectivity index (χ0) is 15.0. The highest BCUT2D eigenvalue weighted by Crippen LogP contribution is 2.26. The minimum Gasteiger partial charge on any atom is -0.465 e. The first-order valence-electron chi connectivity index (χ1n) is 6.19. The highest BCUT2D eigenvalue weighted by Gasteiger charge is 2.21. The van der Waals surface area contributed by atoms with Gasteiger partial charge in [0.25, 0.3) is 5.56 Å². The molecular weight excluding hydrogens is 275 g/mol.